The first kappa shape index (κ1) is 23.2. The van der Waals surface area contributed by atoms with Gasteiger partial charge in [-0.05, 0) is 29.8 Å². The van der Waals surface area contributed by atoms with Crippen LogP contribution in [0.3, 0.4) is 0 Å². The molecule has 3 N–H and O–H groups in total. The molecule has 0 saturated carbocycles. The molecule has 2 heterocycles. The summed E-state index contributed by atoms with van der Waals surface area (Å²) in [5.41, 5.74) is 0.815. The molecule has 1 atom stereocenters. The van der Waals surface area contributed by atoms with Gasteiger partial charge in [-0.25, -0.2) is 0 Å². The monoisotopic (exact) mass is 471 g/mol. The van der Waals surface area contributed by atoms with Gasteiger partial charge in [0.15, 0.2) is 17.3 Å². The molecule has 176 valence electrons. The van der Waals surface area contributed by atoms with E-state index in [9.17, 15) is 18.0 Å². The zero-order valence-electron chi connectivity index (χ0n) is 18.0. The summed E-state index contributed by atoms with van der Waals surface area (Å²) in [5.74, 6) is 5.44. The third-order valence-electron chi connectivity index (χ3n) is 5.39. The topological polar surface area (TPSA) is 96.5 Å². The van der Waals surface area contributed by atoms with Crippen LogP contribution in [0.2, 0.25) is 0 Å². The van der Waals surface area contributed by atoms with Gasteiger partial charge in [-0.2, -0.15) is 18.3 Å². The minimum Gasteiger partial charge on any atom is -0.493 e. The molecule has 0 saturated heterocycles. The van der Waals surface area contributed by atoms with Crippen LogP contribution in [-0.2, 0) is 17.6 Å². The van der Waals surface area contributed by atoms with Gasteiger partial charge in [0, 0.05) is 35.2 Å². The van der Waals surface area contributed by atoms with Crippen LogP contribution in [0.5, 0.6) is 11.5 Å². The molecular formula is C24H20F3N3O4. The summed E-state index contributed by atoms with van der Waals surface area (Å²) >= 11 is 0. The van der Waals surface area contributed by atoms with Crippen molar-refractivity contribution < 1.29 is 32.5 Å². The van der Waals surface area contributed by atoms with Crippen molar-refractivity contribution in [2.45, 2.75) is 25.1 Å². The summed E-state index contributed by atoms with van der Waals surface area (Å²) in [4.78, 5) is 12.0. The number of aliphatic hydroxyl groups excluding tert-OH is 1. The number of H-pyrrole nitrogens is 1. The van der Waals surface area contributed by atoms with Crippen molar-refractivity contribution in [1.82, 2.24) is 10.2 Å². The van der Waals surface area contributed by atoms with E-state index >= 15 is 0 Å². The number of aromatic nitrogens is 2. The predicted octanol–water partition coefficient (Wildman–Crippen LogP) is 3.83. The second-order valence-electron chi connectivity index (χ2n) is 7.52. The van der Waals surface area contributed by atoms with Gasteiger partial charge in [0.2, 0.25) is 5.91 Å². The van der Waals surface area contributed by atoms with Crippen LogP contribution in [0.15, 0.2) is 42.6 Å². The summed E-state index contributed by atoms with van der Waals surface area (Å²) in [5, 5.41) is 18.2. The quantitative estimate of drug-likeness (QED) is 0.492. The highest BCUT2D eigenvalue weighted by Crippen LogP contribution is 2.40. The molecule has 1 aliphatic heterocycles. The number of alkyl halides is 3. The van der Waals surface area contributed by atoms with Gasteiger partial charge < -0.3 is 19.9 Å². The van der Waals surface area contributed by atoms with E-state index in [1.54, 1.807) is 24.4 Å². The molecule has 0 radical (unpaired) electrons. The Labute approximate surface area is 192 Å². The second-order valence-corrected chi connectivity index (χ2v) is 7.52. The molecule has 3 aromatic rings. The maximum Gasteiger partial charge on any atom is 0.416 e. The van der Waals surface area contributed by atoms with Gasteiger partial charge in [0.05, 0.1) is 12.7 Å². The molecule has 0 spiro atoms. The number of amides is 1. The van der Waals surface area contributed by atoms with Crippen LogP contribution in [0, 0.1) is 11.8 Å². The lowest BCUT2D eigenvalue weighted by molar-refractivity contribution is -0.138. The van der Waals surface area contributed by atoms with Crippen molar-refractivity contribution in [2.24, 2.45) is 0 Å². The number of aromatic amines is 1. The fourth-order valence-corrected chi connectivity index (χ4v) is 3.80. The van der Waals surface area contributed by atoms with Crippen molar-refractivity contribution in [3.05, 3.63) is 70.4 Å². The molecule has 4 rings (SSSR count). The van der Waals surface area contributed by atoms with Gasteiger partial charge in [-0.1, -0.05) is 24.0 Å². The number of anilines is 1. The molecule has 1 aromatic heterocycles. The van der Waals surface area contributed by atoms with Gasteiger partial charge >= 0.3 is 6.18 Å². The Kier molecular flexibility index (Phi) is 6.47. The Bertz CT molecular complexity index is 1270. The summed E-state index contributed by atoms with van der Waals surface area (Å²) < 4.78 is 51.9. The van der Waals surface area contributed by atoms with Crippen molar-refractivity contribution in [1.29, 1.82) is 0 Å². The van der Waals surface area contributed by atoms with Gasteiger partial charge in [-0.15, -0.1) is 0 Å². The number of rotatable bonds is 5. The van der Waals surface area contributed by atoms with Crippen LogP contribution in [-0.4, -0.2) is 34.9 Å². The number of methoxy groups -OCH3 is 1. The number of fused-ring (bicyclic) bond motifs is 1. The normalized spacial score (nSPS) is 15.1. The highest BCUT2D eigenvalue weighted by Gasteiger charge is 2.34. The van der Waals surface area contributed by atoms with E-state index in [0.29, 0.717) is 11.6 Å². The minimum absolute atomic E-state index is 0.0693. The number of nitrogens with zero attached hydrogens (tertiary/aromatic N) is 1. The Hall–Kier alpha value is -3.97. The number of halogens is 3. The fraction of sp³-hybridized carbons (Fsp3) is 0.250. The molecule has 0 bridgehead atoms. The summed E-state index contributed by atoms with van der Waals surface area (Å²) in [6.45, 7) is -0.800. The Balaban J connectivity index is 1.59. The molecule has 0 aliphatic carbocycles. The summed E-state index contributed by atoms with van der Waals surface area (Å²) in [6.07, 6.45) is -2.67. The summed E-state index contributed by atoms with van der Waals surface area (Å²) in [7, 11) is 1.43. The van der Waals surface area contributed by atoms with Gasteiger partial charge in [0.25, 0.3) is 0 Å². The zero-order chi connectivity index (χ0) is 24.3. The Morgan fingerprint density at radius 3 is 2.76 bits per heavy atom. The second kappa shape index (κ2) is 9.49. The molecule has 10 heteroatoms. The summed E-state index contributed by atoms with van der Waals surface area (Å²) in [6, 6.07) is 8.72. The maximum absolute atomic E-state index is 13.6. The average Bonchev–Trinajstić information content (AvgIpc) is 3.28. The highest BCUT2D eigenvalue weighted by molar-refractivity contribution is 5.94. The molecule has 0 fully saturated rings. The molecule has 7 nitrogen and oxygen atoms in total. The number of carbonyl (C=O) groups is 1. The number of ether oxygens (including phenoxy) is 2. The van der Waals surface area contributed by atoms with E-state index in [4.69, 9.17) is 14.6 Å². The van der Waals surface area contributed by atoms with E-state index < -0.39 is 18.3 Å². The number of carbonyl (C=O) groups excluding carboxylic acids is 1. The molecule has 34 heavy (non-hydrogen) atoms. The van der Waals surface area contributed by atoms with Crippen LogP contribution >= 0.6 is 0 Å². The lowest BCUT2D eigenvalue weighted by Crippen LogP contribution is -2.23. The van der Waals surface area contributed by atoms with Crippen LogP contribution in [0.25, 0.3) is 0 Å². The van der Waals surface area contributed by atoms with E-state index in [1.807, 2.05) is 0 Å². The largest absolute Gasteiger partial charge is 0.493 e. The third kappa shape index (κ3) is 4.84. The van der Waals surface area contributed by atoms with Crippen molar-refractivity contribution >= 4 is 11.7 Å². The number of nitrogens with one attached hydrogen (secondary N) is 2. The lowest BCUT2D eigenvalue weighted by atomic mass is 9.87. The Morgan fingerprint density at radius 2 is 2.03 bits per heavy atom. The number of aliphatic hydroxyl groups is 1. The minimum atomic E-state index is -4.60. The van der Waals surface area contributed by atoms with Crippen molar-refractivity contribution in [3.63, 3.8) is 0 Å². The smallest absolute Gasteiger partial charge is 0.416 e. The lowest BCUT2D eigenvalue weighted by Gasteiger charge is -2.23. The highest BCUT2D eigenvalue weighted by atomic mass is 19.4. The SMILES string of the molecule is COc1cc(C2CC(=O)Nc3n[nH]cc32)ccc1OCc1ccc(C#CCO)cc1C(F)(F)F. The van der Waals surface area contributed by atoms with E-state index in [1.165, 1.54) is 19.2 Å². The number of hydrogen-bond donors (Lipinski definition) is 3. The first-order valence-electron chi connectivity index (χ1n) is 10.2. The molecule has 1 amide bonds. The first-order chi connectivity index (χ1) is 16.3. The van der Waals surface area contributed by atoms with Crippen LogP contribution in [0.1, 0.15) is 40.2 Å². The molecule has 2 aromatic carbocycles. The number of benzene rings is 2. The molecular weight excluding hydrogens is 451 g/mol. The zero-order valence-corrected chi connectivity index (χ0v) is 18.0. The van der Waals surface area contributed by atoms with Crippen LogP contribution in [0.4, 0.5) is 19.0 Å². The third-order valence-corrected chi connectivity index (χ3v) is 5.39. The number of hydrogen-bond acceptors (Lipinski definition) is 5. The van der Waals surface area contributed by atoms with Crippen molar-refractivity contribution in [3.8, 4) is 23.3 Å². The molecule has 1 unspecified atom stereocenters. The predicted molar refractivity (Wildman–Crippen MR) is 116 cm³/mol. The van der Waals surface area contributed by atoms with Gasteiger partial charge in [-0.3, -0.25) is 9.89 Å². The maximum atomic E-state index is 13.6. The fourth-order valence-electron chi connectivity index (χ4n) is 3.80. The molecule has 1 aliphatic rings. The van der Waals surface area contributed by atoms with Crippen molar-refractivity contribution in [2.75, 3.05) is 19.0 Å². The van der Waals surface area contributed by atoms with Gasteiger partial charge in [0.1, 0.15) is 13.2 Å². The van der Waals surface area contributed by atoms with E-state index in [2.05, 4.69) is 27.4 Å². The Morgan fingerprint density at radius 1 is 1.21 bits per heavy atom. The standard InChI is InChI=1S/C24H20F3N3O4/c1-33-21-10-15(17-11-22(32)29-23-18(17)12-28-30-23)6-7-20(21)34-13-16-5-4-14(3-2-8-31)9-19(16)24(25,26)27/h4-7,9-10,12,17,31H,8,11,13H2,1H3,(H2,28,29,30,32). The van der Waals surface area contributed by atoms with Crippen LogP contribution < -0.4 is 14.8 Å². The first-order valence-corrected chi connectivity index (χ1v) is 10.2. The van der Waals surface area contributed by atoms with E-state index in [0.717, 1.165) is 17.2 Å². The van der Waals surface area contributed by atoms with E-state index in [-0.39, 0.29) is 41.7 Å². The average molecular weight is 471 g/mol.